The zero-order chi connectivity index (χ0) is 10.4. The average molecular weight is 172 g/mol. The predicted octanol–water partition coefficient (Wildman–Crippen LogP) is 3.38. The van der Waals surface area contributed by atoms with E-state index in [2.05, 4.69) is 33.2 Å². The Morgan fingerprint density at radius 2 is 1.54 bits per heavy atom. The minimum Gasteiger partial charge on any atom is -0.108 e. The minimum absolute atomic E-state index is 0.0520. The van der Waals surface area contributed by atoms with Gasteiger partial charge in [-0.05, 0) is 13.8 Å². The molecule has 68 valence electrons. The third kappa shape index (κ3) is 1.07. The molecule has 0 spiro atoms. The van der Waals surface area contributed by atoms with Gasteiger partial charge in [0.15, 0.2) is 0 Å². The second-order valence-corrected chi connectivity index (χ2v) is 4.24. The molecule has 1 aliphatic heterocycles. The van der Waals surface area contributed by atoms with Crippen LogP contribution < -0.4 is 0 Å². The highest BCUT2D eigenvalue weighted by molar-refractivity contribution is 6.85. The van der Waals surface area contributed by atoms with E-state index in [1.807, 2.05) is 13.8 Å². The molecule has 0 amide bonds. The molecule has 1 aliphatic rings. The van der Waals surface area contributed by atoms with Gasteiger partial charge in [-0.25, -0.2) is 0 Å². The van der Waals surface area contributed by atoms with Crippen molar-refractivity contribution in [2.75, 3.05) is 0 Å². The van der Waals surface area contributed by atoms with Crippen LogP contribution in [0.1, 0.15) is 20.8 Å². The van der Waals surface area contributed by atoms with Crippen molar-refractivity contribution >= 4 is 6.71 Å². The first-order valence-corrected chi connectivity index (χ1v) is 4.53. The standard InChI is InChI=1S/C12H17B/c1-8(2)12(7)10(5)13(9(3)4)11(12)6/h1,3,5-6H2,2,4,7H3. The maximum absolute atomic E-state index is 4.11. The number of hydrogen-bond acceptors (Lipinski definition) is 0. The van der Waals surface area contributed by atoms with Gasteiger partial charge < -0.3 is 0 Å². The van der Waals surface area contributed by atoms with E-state index in [1.165, 1.54) is 10.9 Å². The minimum atomic E-state index is -0.0520. The van der Waals surface area contributed by atoms with Crippen LogP contribution in [0.25, 0.3) is 0 Å². The SMILES string of the molecule is C=C(C)B1C(=C)C(C)(C(=C)C)C1=C. The first kappa shape index (κ1) is 10.1. The first-order chi connectivity index (χ1) is 5.83. The quantitative estimate of drug-likeness (QED) is 0.442. The van der Waals surface area contributed by atoms with Gasteiger partial charge in [-0.1, -0.05) is 30.0 Å². The Morgan fingerprint density at radius 1 is 1.15 bits per heavy atom. The zero-order valence-electron chi connectivity index (χ0n) is 8.91. The van der Waals surface area contributed by atoms with E-state index in [1.54, 1.807) is 0 Å². The molecule has 0 saturated carbocycles. The smallest absolute Gasteiger partial charge is 0.108 e. The van der Waals surface area contributed by atoms with E-state index >= 15 is 0 Å². The average Bonchev–Trinajstić information content (AvgIpc) is 2.02. The highest BCUT2D eigenvalue weighted by atomic mass is 14.4. The molecule has 0 N–H and O–H groups in total. The second kappa shape index (κ2) is 2.76. The lowest BCUT2D eigenvalue weighted by molar-refractivity contribution is 0.598. The molecule has 0 aromatic rings. The predicted molar refractivity (Wildman–Crippen MR) is 61.8 cm³/mol. The van der Waals surface area contributed by atoms with Crippen LogP contribution in [-0.4, -0.2) is 6.71 Å². The van der Waals surface area contributed by atoms with Crippen molar-refractivity contribution in [2.45, 2.75) is 20.8 Å². The van der Waals surface area contributed by atoms with Crippen LogP contribution in [0.2, 0.25) is 0 Å². The fourth-order valence-electron chi connectivity index (χ4n) is 2.06. The molecule has 0 aromatic heterocycles. The van der Waals surface area contributed by atoms with E-state index in [4.69, 9.17) is 0 Å². The van der Waals surface area contributed by atoms with E-state index < -0.39 is 0 Å². The summed E-state index contributed by atoms with van der Waals surface area (Å²) < 4.78 is 0. The summed E-state index contributed by atoms with van der Waals surface area (Å²) in [6.07, 6.45) is 0. The van der Waals surface area contributed by atoms with Crippen LogP contribution in [0.15, 0.2) is 48.3 Å². The van der Waals surface area contributed by atoms with Crippen LogP contribution in [0.5, 0.6) is 0 Å². The van der Waals surface area contributed by atoms with Crippen molar-refractivity contribution in [1.29, 1.82) is 0 Å². The van der Waals surface area contributed by atoms with E-state index in [9.17, 15) is 0 Å². The fourth-order valence-corrected chi connectivity index (χ4v) is 2.06. The van der Waals surface area contributed by atoms with Crippen LogP contribution in [0.3, 0.4) is 0 Å². The molecule has 0 aromatic carbocycles. The van der Waals surface area contributed by atoms with Gasteiger partial charge in [0.05, 0.1) is 0 Å². The molecular weight excluding hydrogens is 155 g/mol. The lowest BCUT2D eigenvalue weighted by Crippen LogP contribution is -2.49. The molecular formula is C12H17B. The molecule has 1 saturated heterocycles. The highest BCUT2D eigenvalue weighted by Crippen LogP contribution is 2.53. The van der Waals surface area contributed by atoms with E-state index in [0.29, 0.717) is 6.71 Å². The van der Waals surface area contributed by atoms with Crippen LogP contribution in [-0.2, 0) is 0 Å². The first-order valence-electron chi connectivity index (χ1n) is 4.53. The Labute approximate surface area is 81.8 Å². The van der Waals surface area contributed by atoms with Gasteiger partial charge in [-0.3, -0.25) is 0 Å². The Morgan fingerprint density at radius 3 is 1.77 bits per heavy atom. The summed E-state index contributed by atoms with van der Waals surface area (Å²) in [6, 6.07) is 0. The topological polar surface area (TPSA) is 0 Å². The summed E-state index contributed by atoms with van der Waals surface area (Å²) in [6.45, 7) is 22.7. The molecule has 0 nitrogen and oxygen atoms in total. The highest BCUT2D eigenvalue weighted by Gasteiger charge is 2.50. The summed E-state index contributed by atoms with van der Waals surface area (Å²) >= 11 is 0. The Hall–Kier alpha value is -0.975. The molecule has 0 bridgehead atoms. The monoisotopic (exact) mass is 172 g/mol. The summed E-state index contributed by atoms with van der Waals surface area (Å²) in [4.78, 5) is 0. The number of rotatable bonds is 2. The van der Waals surface area contributed by atoms with Crippen LogP contribution in [0, 0.1) is 5.41 Å². The van der Waals surface area contributed by atoms with Crippen molar-refractivity contribution in [3.05, 3.63) is 48.3 Å². The molecule has 0 atom stereocenters. The van der Waals surface area contributed by atoms with Gasteiger partial charge in [0.1, 0.15) is 0 Å². The third-order valence-electron chi connectivity index (χ3n) is 3.33. The summed E-state index contributed by atoms with van der Waals surface area (Å²) in [5.41, 5.74) is 4.59. The zero-order valence-corrected chi connectivity index (χ0v) is 8.91. The normalized spacial score (nSPS) is 19.8. The van der Waals surface area contributed by atoms with Crippen molar-refractivity contribution in [3.63, 3.8) is 0 Å². The van der Waals surface area contributed by atoms with Crippen molar-refractivity contribution in [1.82, 2.24) is 0 Å². The molecule has 1 fully saturated rings. The molecule has 1 rings (SSSR count). The van der Waals surface area contributed by atoms with Gasteiger partial charge in [0, 0.05) is 5.41 Å². The largest absolute Gasteiger partial charge is 0.228 e. The van der Waals surface area contributed by atoms with Crippen LogP contribution >= 0.6 is 0 Å². The van der Waals surface area contributed by atoms with Gasteiger partial charge in [-0.15, -0.1) is 25.2 Å². The van der Waals surface area contributed by atoms with Crippen LogP contribution in [0.4, 0.5) is 0 Å². The lowest BCUT2D eigenvalue weighted by Gasteiger charge is -2.50. The summed E-state index contributed by atoms with van der Waals surface area (Å²) in [5.74, 6) is 0. The van der Waals surface area contributed by atoms with Crippen molar-refractivity contribution < 1.29 is 0 Å². The van der Waals surface area contributed by atoms with E-state index in [0.717, 1.165) is 11.0 Å². The molecule has 0 radical (unpaired) electrons. The number of hydrogen-bond donors (Lipinski definition) is 0. The van der Waals surface area contributed by atoms with Crippen molar-refractivity contribution in [2.24, 2.45) is 5.41 Å². The van der Waals surface area contributed by atoms with Gasteiger partial charge >= 0.3 is 0 Å². The Balaban J connectivity index is 3.03. The number of allylic oxidation sites excluding steroid dienone is 4. The lowest BCUT2D eigenvalue weighted by atomic mass is 9.18. The van der Waals surface area contributed by atoms with Gasteiger partial charge in [0.25, 0.3) is 0 Å². The Kier molecular flexibility index (Phi) is 2.15. The summed E-state index contributed by atoms with van der Waals surface area (Å²) in [7, 11) is 0. The molecule has 1 heterocycles. The van der Waals surface area contributed by atoms with Gasteiger partial charge in [0.2, 0.25) is 6.71 Å². The molecule has 13 heavy (non-hydrogen) atoms. The maximum atomic E-state index is 4.11. The molecule has 1 heteroatoms. The van der Waals surface area contributed by atoms with Crippen molar-refractivity contribution in [3.8, 4) is 0 Å². The maximum Gasteiger partial charge on any atom is 0.228 e. The summed E-state index contributed by atoms with van der Waals surface area (Å²) in [5, 5.41) is 0. The van der Waals surface area contributed by atoms with E-state index in [-0.39, 0.29) is 5.41 Å². The molecule has 0 aliphatic carbocycles. The van der Waals surface area contributed by atoms with Gasteiger partial charge in [-0.2, -0.15) is 0 Å². The third-order valence-corrected chi connectivity index (χ3v) is 3.33. The molecule has 0 unspecified atom stereocenters. The fraction of sp³-hybridized carbons (Fsp3) is 0.333. The second-order valence-electron chi connectivity index (χ2n) is 4.24. The Bertz CT molecular complexity index is 304.